The molecule has 6 nitrogen and oxygen atoms in total. The van der Waals surface area contributed by atoms with E-state index in [1.54, 1.807) is 31.3 Å². The molecule has 0 spiro atoms. The maximum absolute atomic E-state index is 11.9. The van der Waals surface area contributed by atoms with Crippen molar-refractivity contribution in [3.63, 3.8) is 0 Å². The molecular weight excluding hydrogens is 372 g/mol. The van der Waals surface area contributed by atoms with Crippen LogP contribution < -0.4 is 10.6 Å². The summed E-state index contributed by atoms with van der Waals surface area (Å²) in [5.74, 6) is 0.208. The normalized spacial score (nSPS) is 16.1. The van der Waals surface area contributed by atoms with Crippen LogP contribution in [0.15, 0.2) is 24.3 Å². The first-order valence-corrected chi connectivity index (χ1v) is 11.0. The Bertz CT molecular complexity index is 633. The molecule has 8 heteroatoms. The Morgan fingerprint density at radius 2 is 2.12 bits per heavy atom. The molecule has 1 aliphatic rings. The van der Waals surface area contributed by atoms with Crippen LogP contribution in [0.5, 0.6) is 0 Å². The molecule has 26 heavy (non-hydrogen) atoms. The summed E-state index contributed by atoms with van der Waals surface area (Å²) in [6.07, 6.45) is 4.51. The number of hydrogen-bond donors (Lipinski definition) is 2. The lowest BCUT2D eigenvalue weighted by atomic mass is 10.1. The molecule has 1 atom stereocenters. The van der Waals surface area contributed by atoms with Crippen molar-refractivity contribution in [3.8, 4) is 0 Å². The van der Waals surface area contributed by atoms with Crippen molar-refractivity contribution in [3.05, 3.63) is 29.8 Å². The van der Waals surface area contributed by atoms with Crippen molar-refractivity contribution >= 4 is 45.1 Å². The van der Waals surface area contributed by atoms with E-state index in [0.717, 1.165) is 19.3 Å². The van der Waals surface area contributed by atoms with Gasteiger partial charge >= 0.3 is 5.97 Å². The van der Waals surface area contributed by atoms with Crippen LogP contribution in [0.25, 0.3) is 0 Å². The van der Waals surface area contributed by atoms with E-state index in [4.69, 9.17) is 4.74 Å². The Balaban J connectivity index is 1.63. The van der Waals surface area contributed by atoms with Gasteiger partial charge in [0.1, 0.15) is 0 Å². The van der Waals surface area contributed by atoms with Crippen LogP contribution in [0.4, 0.5) is 5.69 Å². The third-order valence-corrected chi connectivity index (χ3v) is 6.89. The second-order valence-electron chi connectivity index (χ2n) is 5.94. The van der Waals surface area contributed by atoms with Gasteiger partial charge in [-0.25, -0.2) is 0 Å². The first kappa shape index (κ1) is 20.6. The molecule has 1 aromatic rings. The highest BCUT2D eigenvalue weighted by atomic mass is 33.1. The zero-order valence-corrected chi connectivity index (χ0v) is 16.4. The Hall–Kier alpha value is -1.67. The molecule has 1 heterocycles. The molecule has 1 aromatic carbocycles. The molecule has 0 unspecified atom stereocenters. The van der Waals surface area contributed by atoms with Gasteiger partial charge in [0.25, 0.3) is 11.8 Å². The van der Waals surface area contributed by atoms with Crippen molar-refractivity contribution in [1.82, 2.24) is 5.32 Å². The molecule has 2 amide bonds. The minimum Gasteiger partial charge on any atom is -0.456 e. The molecule has 2 rings (SSSR count). The van der Waals surface area contributed by atoms with E-state index >= 15 is 0 Å². The zero-order valence-electron chi connectivity index (χ0n) is 14.8. The molecule has 142 valence electrons. The number of carbonyl (C=O) groups excluding carboxylic acids is 3. The van der Waals surface area contributed by atoms with E-state index in [1.807, 2.05) is 21.6 Å². The maximum Gasteiger partial charge on any atom is 0.306 e. The first-order chi connectivity index (χ1) is 12.6. The fraction of sp³-hybridized carbons (Fsp3) is 0.500. The Morgan fingerprint density at radius 3 is 2.85 bits per heavy atom. The van der Waals surface area contributed by atoms with E-state index in [0.29, 0.717) is 22.9 Å². The number of benzene rings is 1. The van der Waals surface area contributed by atoms with Crippen molar-refractivity contribution < 1.29 is 19.1 Å². The molecule has 0 radical (unpaired) electrons. The Morgan fingerprint density at radius 1 is 1.27 bits per heavy atom. The van der Waals surface area contributed by atoms with Gasteiger partial charge in [-0.1, -0.05) is 34.1 Å². The van der Waals surface area contributed by atoms with Gasteiger partial charge in [-0.2, -0.15) is 0 Å². The van der Waals surface area contributed by atoms with Crippen LogP contribution in [-0.2, 0) is 14.3 Å². The van der Waals surface area contributed by atoms with E-state index in [1.165, 1.54) is 12.2 Å². The van der Waals surface area contributed by atoms with Crippen LogP contribution >= 0.6 is 21.6 Å². The lowest BCUT2D eigenvalue weighted by Crippen LogP contribution is -2.21. The molecule has 2 N–H and O–H groups in total. The van der Waals surface area contributed by atoms with Crippen molar-refractivity contribution in [1.29, 1.82) is 0 Å². The molecule has 0 bridgehead atoms. The van der Waals surface area contributed by atoms with Gasteiger partial charge in [0, 0.05) is 35.7 Å². The van der Waals surface area contributed by atoms with E-state index < -0.39 is 5.91 Å². The zero-order chi connectivity index (χ0) is 18.8. The van der Waals surface area contributed by atoms with Gasteiger partial charge in [0.05, 0.1) is 0 Å². The van der Waals surface area contributed by atoms with Crippen LogP contribution in [0, 0.1) is 0 Å². The smallest absolute Gasteiger partial charge is 0.306 e. The standard InChI is InChI=1S/C18H24N2O4S2/c1-19-18(23)13-5-4-6-14(11-13)20-16(21)12-24-17(22)8-3-2-7-15-9-10-25-26-15/h4-6,11,15H,2-3,7-10,12H2,1H3,(H,19,23)(H,20,21)/t15-/m0/s1. The van der Waals surface area contributed by atoms with Crippen molar-refractivity contribution in [2.45, 2.75) is 37.4 Å². The lowest BCUT2D eigenvalue weighted by molar-refractivity contribution is -0.147. The number of anilines is 1. The quantitative estimate of drug-likeness (QED) is 0.379. The van der Waals surface area contributed by atoms with Crippen LogP contribution in [0.3, 0.4) is 0 Å². The second-order valence-corrected chi connectivity index (χ2v) is 8.73. The number of carbonyl (C=O) groups is 3. The predicted octanol–water partition coefficient (Wildman–Crippen LogP) is 3.24. The van der Waals surface area contributed by atoms with Gasteiger partial charge in [0.2, 0.25) is 0 Å². The fourth-order valence-electron chi connectivity index (χ4n) is 2.50. The molecule has 0 aromatic heterocycles. The van der Waals surface area contributed by atoms with E-state index in [2.05, 4.69) is 10.6 Å². The topological polar surface area (TPSA) is 84.5 Å². The average Bonchev–Trinajstić information content (AvgIpc) is 3.16. The minimum absolute atomic E-state index is 0.234. The number of ether oxygens (including phenoxy) is 1. The predicted molar refractivity (Wildman–Crippen MR) is 106 cm³/mol. The van der Waals surface area contributed by atoms with Gasteiger partial charge in [-0.15, -0.1) is 0 Å². The van der Waals surface area contributed by atoms with Gasteiger partial charge in [-0.05, 0) is 37.5 Å². The fourth-order valence-corrected chi connectivity index (χ4v) is 5.53. The molecule has 1 fully saturated rings. The van der Waals surface area contributed by atoms with Crippen LogP contribution in [0.1, 0.15) is 42.5 Å². The van der Waals surface area contributed by atoms with Gasteiger partial charge in [0.15, 0.2) is 6.61 Å². The highest BCUT2D eigenvalue weighted by Crippen LogP contribution is 2.39. The maximum atomic E-state index is 11.9. The third-order valence-electron chi connectivity index (χ3n) is 3.88. The summed E-state index contributed by atoms with van der Waals surface area (Å²) in [6.45, 7) is -0.321. The summed E-state index contributed by atoms with van der Waals surface area (Å²) in [5.41, 5.74) is 0.931. The SMILES string of the molecule is CNC(=O)c1cccc(NC(=O)COC(=O)CCCC[C@H]2CCSS2)c1. The number of esters is 1. The molecule has 0 aliphatic carbocycles. The number of rotatable bonds is 9. The number of amides is 2. The van der Waals surface area contributed by atoms with Gasteiger partial charge in [-0.3, -0.25) is 14.4 Å². The number of hydrogen-bond acceptors (Lipinski definition) is 6. The summed E-state index contributed by atoms with van der Waals surface area (Å²) >= 11 is 0. The molecule has 0 saturated carbocycles. The minimum atomic E-state index is -0.424. The van der Waals surface area contributed by atoms with Crippen LogP contribution in [0.2, 0.25) is 0 Å². The lowest BCUT2D eigenvalue weighted by Gasteiger charge is -2.08. The Kier molecular flexibility index (Phi) is 8.84. The van der Waals surface area contributed by atoms with E-state index in [9.17, 15) is 14.4 Å². The summed E-state index contributed by atoms with van der Waals surface area (Å²) in [7, 11) is 5.40. The van der Waals surface area contributed by atoms with Gasteiger partial charge < -0.3 is 15.4 Å². The Labute approximate surface area is 161 Å². The highest BCUT2D eigenvalue weighted by molar-refractivity contribution is 8.77. The monoisotopic (exact) mass is 396 g/mol. The summed E-state index contributed by atoms with van der Waals surface area (Å²) in [5, 5.41) is 5.86. The van der Waals surface area contributed by atoms with Crippen LogP contribution in [-0.4, -0.2) is 42.4 Å². The summed E-state index contributed by atoms with van der Waals surface area (Å²) < 4.78 is 5.01. The highest BCUT2D eigenvalue weighted by Gasteiger charge is 2.16. The molecule has 1 aliphatic heterocycles. The molecular formula is C18H24N2O4S2. The average molecular weight is 397 g/mol. The summed E-state index contributed by atoms with van der Waals surface area (Å²) in [6, 6.07) is 6.56. The van der Waals surface area contributed by atoms with E-state index in [-0.39, 0.29) is 18.5 Å². The van der Waals surface area contributed by atoms with Crippen molar-refractivity contribution in [2.24, 2.45) is 0 Å². The number of nitrogens with one attached hydrogen (secondary N) is 2. The summed E-state index contributed by atoms with van der Waals surface area (Å²) in [4.78, 5) is 35.2. The molecule has 1 saturated heterocycles. The largest absolute Gasteiger partial charge is 0.456 e. The number of unbranched alkanes of at least 4 members (excludes halogenated alkanes) is 1. The first-order valence-electron chi connectivity index (χ1n) is 8.64. The third kappa shape index (κ3) is 7.29. The second kappa shape index (κ2) is 11.1. The van der Waals surface area contributed by atoms with Crippen molar-refractivity contribution in [2.75, 3.05) is 24.7 Å².